The molecule has 0 unspecified atom stereocenters. The number of benzene rings is 6. The van der Waals surface area contributed by atoms with E-state index < -0.39 is 42.6 Å². The molecule has 22 heteroatoms. The summed E-state index contributed by atoms with van der Waals surface area (Å²) in [5.41, 5.74) is 10.6. The molecule has 0 bridgehead atoms. The summed E-state index contributed by atoms with van der Waals surface area (Å²) >= 11 is 0. The van der Waals surface area contributed by atoms with E-state index in [9.17, 15) is 19.2 Å². The normalized spacial score (nSPS) is 23.5. The van der Waals surface area contributed by atoms with Crippen LogP contribution in [0.4, 0.5) is 9.59 Å². The third-order valence-corrected chi connectivity index (χ3v) is 25.1. The predicted octanol–water partition coefficient (Wildman–Crippen LogP) is 13.8. The number of aliphatic imine (C=N–C) groups is 2. The number of nitrogens with one attached hydrogen (secondary N) is 2. The highest BCUT2D eigenvalue weighted by atomic mass is 16.7. The van der Waals surface area contributed by atoms with E-state index in [0.29, 0.717) is 78.0 Å². The zero-order valence-corrected chi connectivity index (χ0v) is 63.8. The number of methoxy groups -OCH3 is 2. The zero-order valence-electron chi connectivity index (χ0n) is 63.8. The van der Waals surface area contributed by atoms with E-state index in [1.807, 2.05) is 22.2 Å². The second-order valence-electron chi connectivity index (χ2n) is 33.3. The molecule has 10 aliphatic heterocycles. The first kappa shape index (κ1) is 73.2. The lowest BCUT2D eigenvalue weighted by Crippen LogP contribution is -2.55. The van der Waals surface area contributed by atoms with Gasteiger partial charge in [0.25, 0.3) is 0 Å². The van der Waals surface area contributed by atoms with Crippen molar-refractivity contribution in [2.45, 2.75) is 205 Å². The number of carbonyl (C=O) groups is 4. The highest BCUT2D eigenvalue weighted by Gasteiger charge is 2.54. The molecule has 10 heterocycles. The van der Waals surface area contributed by atoms with Gasteiger partial charge in [0, 0.05) is 109 Å². The van der Waals surface area contributed by atoms with E-state index in [0.717, 1.165) is 126 Å². The number of allylic oxidation sites excluding steroid dienone is 2. The average Bonchev–Trinajstić information content (AvgIpc) is 1.03. The topological polar surface area (TPSA) is 216 Å². The molecule has 0 saturated carbocycles. The van der Waals surface area contributed by atoms with Crippen molar-refractivity contribution in [1.82, 2.24) is 20.4 Å². The Morgan fingerprint density at radius 2 is 0.868 bits per heavy atom. The van der Waals surface area contributed by atoms with Crippen LogP contribution < -0.4 is 31.0 Å². The molecule has 6 aromatic carbocycles. The lowest BCUT2D eigenvalue weighted by Gasteiger charge is -2.36. The van der Waals surface area contributed by atoms with E-state index in [4.69, 9.17) is 57.0 Å². The number of hydrogen-bond acceptors (Lipinski definition) is 16. The highest BCUT2D eigenvalue weighted by Crippen LogP contribution is 2.54. The number of fused-ring (bicyclic) bond motifs is 8. The van der Waals surface area contributed by atoms with Crippen LogP contribution in [0.15, 0.2) is 119 Å². The standard InChI is InChI=1S/C53H62N6O9.C31H38B2O5/c1-53(2)39-13-10-34(37-27-41(55-30-37)43-8-6-20-59(43)50(61)48(57-52(63)65-4)32-17-23-67-24-18-32)28-45(39)68-44-14-11-35-25-33(9-12-38(35)46(44)53)36-26-40(54-29-36)42-7-5-19-58(42)49(60)47(56-51(62)64-3)31-15-21-66-22-16-31;1-27(2)23-15-13-21(33-37-30(7,8)31(9,10)38-33)18-25(23)34-24-16-11-19-17-20(12-14-22(19)26(24)27)32-35-28(3,4)29(5,6)36-32/h9-14,25,28-32,42-43,47-48H,5-8,15-24,26-27H2,1-4H3,(H,56,62)(H,57,63);11-18H,1-10H3/t42-,43-,47-,48-;/m0./s1. The van der Waals surface area contributed by atoms with Gasteiger partial charge in [-0.15, -0.1) is 0 Å². The van der Waals surface area contributed by atoms with Crippen molar-refractivity contribution >= 4 is 93.3 Å². The summed E-state index contributed by atoms with van der Waals surface area (Å²) in [6.45, 7) is 29.2. The van der Waals surface area contributed by atoms with Gasteiger partial charge in [-0.25, -0.2) is 9.59 Å². The van der Waals surface area contributed by atoms with Gasteiger partial charge in [-0.3, -0.25) is 19.6 Å². The van der Waals surface area contributed by atoms with Crippen molar-refractivity contribution in [3.8, 4) is 23.0 Å². The highest BCUT2D eigenvalue weighted by molar-refractivity contribution is 6.62. The van der Waals surface area contributed by atoms with Gasteiger partial charge in [0.1, 0.15) is 35.1 Å². The first-order valence-corrected chi connectivity index (χ1v) is 38.0. The van der Waals surface area contributed by atoms with Gasteiger partial charge in [0.2, 0.25) is 11.8 Å². The molecule has 0 aromatic heterocycles. The minimum Gasteiger partial charge on any atom is -0.457 e. The number of hydrogen-bond donors (Lipinski definition) is 2. The quantitative estimate of drug-likeness (QED) is 0.109. The van der Waals surface area contributed by atoms with Crippen molar-refractivity contribution in [1.29, 1.82) is 0 Å². The number of amides is 4. The maximum Gasteiger partial charge on any atom is 0.494 e. The molecule has 0 aliphatic carbocycles. The first-order valence-electron chi connectivity index (χ1n) is 38.0. The minimum absolute atomic E-state index is 0.0181. The fourth-order valence-corrected chi connectivity index (χ4v) is 17.5. The number of carbonyl (C=O) groups excluding carboxylic acids is 4. The maximum atomic E-state index is 14.2. The number of likely N-dealkylation sites (tertiary alicyclic amines) is 2. The van der Waals surface area contributed by atoms with Crippen molar-refractivity contribution in [3.63, 3.8) is 0 Å². The molecular formula is C84H100B2N6O14. The van der Waals surface area contributed by atoms with Crippen LogP contribution in [0, 0.1) is 11.8 Å². The summed E-state index contributed by atoms with van der Waals surface area (Å²) in [5, 5.41) is 10.3. The summed E-state index contributed by atoms with van der Waals surface area (Å²) < 4.78 is 59.5. The molecule has 4 atom stereocenters. The van der Waals surface area contributed by atoms with E-state index in [-0.39, 0.29) is 64.9 Å². The van der Waals surface area contributed by atoms with E-state index in [1.165, 1.54) is 25.2 Å². The van der Waals surface area contributed by atoms with Crippen LogP contribution >= 0.6 is 0 Å². The average molecular weight is 1440 g/mol. The third kappa shape index (κ3) is 13.3. The molecule has 6 saturated heterocycles. The number of ether oxygens (including phenoxy) is 6. The molecule has 20 nitrogen and oxygen atoms in total. The number of nitrogens with zero attached hydrogens (tertiary/aromatic N) is 4. The second kappa shape index (κ2) is 28.0. The van der Waals surface area contributed by atoms with Crippen molar-refractivity contribution in [2.24, 2.45) is 21.8 Å². The summed E-state index contributed by atoms with van der Waals surface area (Å²) in [6.07, 6.45) is 10.2. The molecule has 0 radical (unpaired) electrons. The zero-order chi connectivity index (χ0) is 74.6. The molecule has 556 valence electrons. The van der Waals surface area contributed by atoms with E-state index in [1.54, 1.807) is 0 Å². The molecule has 6 aromatic rings. The largest absolute Gasteiger partial charge is 0.494 e. The Labute approximate surface area is 622 Å². The van der Waals surface area contributed by atoms with Gasteiger partial charge in [-0.2, -0.15) is 0 Å². The first-order chi connectivity index (χ1) is 50.5. The van der Waals surface area contributed by atoms with Crippen LogP contribution in [-0.2, 0) is 58.0 Å². The summed E-state index contributed by atoms with van der Waals surface area (Å²) in [5.74, 6) is 3.17. The van der Waals surface area contributed by atoms with Crippen molar-refractivity contribution in [2.75, 3.05) is 53.7 Å². The van der Waals surface area contributed by atoms with E-state index >= 15 is 0 Å². The lowest BCUT2D eigenvalue weighted by atomic mass is 9.70. The third-order valence-electron chi connectivity index (χ3n) is 25.1. The molecule has 6 fully saturated rings. The molecule has 4 amide bonds. The Balaban J connectivity index is 0.000000199. The number of rotatable bonds is 12. The summed E-state index contributed by atoms with van der Waals surface area (Å²) in [7, 11) is 1.83. The summed E-state index contributed by atoms with van der Waals surface area (Å²) in [6, 6.07) is 32.7. The van der Waals surface area contributed by atoms with Gasteiger partial charge in [0.15, 0.2) is 0 Å². The van der Waals surface area contributed by atoms with Crippen molar-refractivity contribution < 1.29 is 66.2 Å². The predicted molar refractivity (Wildman–Crippen MR) is 412 cm³/mol. The van der Waals surface area contributed by atoms with Gasteiger partial charge in [-0.1, -0.05) is 94.4 Å². The van der Waals surface area contributed by atoms with Gasteiger partial charge < -0.3 is 67.5 Å². The fraction of sp³-hybridized carbons (Fsp3) is 0.500. The fourth-order valence-electron chi connectivity index (χ4n) is 17.5. The second-order valence-corrected chi connectivity index (χ2v) is 33.3. The van der Waals surface area contributed by atoms with E-state index in [2.05, 4.69) is 191 Å². The molecule has 106 heavy (non-hydrogen) atoms. The smallest absolute Gasteiger partial charge is 0.457 e. The van der Waals surface area contributed by atoms with Crippen LogP contribution in [0.5, 0.6) is 23.0 Å². The Hall–Kier alpha value is -8.37. The van der Waals surface area contributed by atoms with Crippen molar-refractivity contribution in [3.05, 3.63) is 143 Å². The SMILES string of the molecule is CC1(C)c2ccc(B3OC(C)(C)C(C)(C)O3)cc2Oc2ccc3cc(B4OC(C)(C)C(C)(C)O4)ccc3c21.COC(=O)N[C@H](C(=O)N1CCC[C@H]1C1=NC=C(c2ccc3c(c2)Oc2ccc4cc(C5=CN=C([C@@H]6CCCN6C(=O)[C@@H](NC(=O)OC)C6CCOCC6)C5)ccc4c2C3(C)C)C1)C1CCOCC1. The van der Waals surface area contributed by atoms with Gasteiger partial charge in [0.05, 0.1) is 48.7 Å². The molecule has 16 rings (SSSR count). The van der Waals surface area contributed by atoms with Crippen LogP contribution in [0.2, 0.25) is 0 Å². The Morgan fingerprint density at radius 3 is 1.33 bits per heavy atom. The minimum atomic E-state index is -0.674. The Kier molecular flexibility index (Phi) is 19.3. The molecular weight excluding hydrogens is 1340 g/mol. The van der Waals surface area contributed by atoms with Crippen LogP contribution in [0.3, 0.4) is 0 Å². The lowest BCUT2D eigenvalue weighted by molar-refractivity contribution is -0.136. The van der Waals surface area contributed by atoms with Gasteiger partial charge in [-0.05, 0) is 204 Å². The molecule has 10 aliphatic rings. The monoisotopic (exact) mass is 1440 g/mol. The Morgan fingerprint density at radius 1 is 0.472 bits per heavy atom. The van der Waals surface area contributed by atoms with Crippen LogP contribution in [0.1, 0.15) is 181 Å². The van der Waals surface area contributed by atoms with Gasteiger partial charge >= 0.3 is 26.4 Å². The molecule has 2 N–H and O–H groups in total. The maximum absolute atomic E-state index is 14.2. The number of alkyl carbamates (subject to hydrolysis) is 2. The van der Waals surface area contributed by atoms with Crippen LogP contribution in [0.25, 0.3) is 32.7 Å². The Bertz CT molecular complexity index is 4610. The van der Waals surface area contributed by atoms with Crippen LogP contribution in [-0.4, -0.2) is 160 Å². The molecule has 0 spiro atoms. The summed E-state index contributed by atoms with van der Waals surface area (Å²) in [4.78, 5) is 66.7.